The molecule has 1 rings (SSSR count). The van der Waals surface area contributed by atoms with Gasteiger partial charge in [-0.1, -0.05) is 19.9 Å². The lowest BCUT2D eigenvalue weighted by Gasteiger charge is -2.14. The maximum Gasteiger partial charge on any atom is 0.422 e. The maximum atomic E-state index is 12.3. The molecule has 0 heterocycles. The van der Waals surface area contributed by atoms with Gasteiger partial charge in [-0.25, -0.2) is 4.99 Å². The first-order valence-corrected chi connectivity index (χ1v) is 8.13. The van der Waals surface area contributed by atoms with E-state index in [1.165, 1.54) is 13.2 Å². The molecule has 0 aliphatic rings. The molecule has 0 spiro atoms. The summed E-state index contributed by atoms with van der Waals surface area (Å²) in [6, 6.07) is 4.76. The van der Waals surface area contributed by atoms with E-state index in [0.717, 1.165) is 18.7 Å². The summed E-state index contributed by atoms with van der Waals surface area (Å²) in [5.41, 5.74) is 0.804. The molecule has 0 amide bonds. The Labute approximate surface area is 169 Å². The molecule has 1 aromatic rings. The number of benzene rings is 1. The predicted molar refractivity (Wildman–Crippen MR) is 108 cm³/mol. The lowest BCUT2D eigenvalue weighted by atomic mass is 10.2. The van der Waals surface area contributed by atoms with E-state index in [9.17, 15) is 13.2 Å². The Morgan fingerprint density at radius 3 is 2.42 bits per heavy atom. The first-order valence-electron chi connectivity index (χ1n) is 8.13. The van der Waals surface area contributed by atoms with Gasteiger partial charge in [-0.2, -0.15) is 13.2 Å². The number of alkyl halides is 3. The molecular weight excluding hydrogens is 462 g/mol. The van der Waals surface area contributed by atoms with Crippen molar-refractivity contribution in [2.75, 3.05) is 26.8 Å². The zero-order valence-electron chi connectivity index (χ0n) is 15.4. The van der Waals surface area contributed by atoms with Crippen LogP contribution in [0.4, 0.5) is 13.2 Å². The summed E-state index contributed by atoms with van der Waals surface area (Å²) in [6.45, 7) is 6.70. The summed E-state index contributed by atoms with van der Waals surface area (Å²) in [5.74, 6) is 1.47. The van der Waals surface area contributed by atoms with Gasteiger partial charge < -0.3 is 20.1 Å². The lowest BCUT2D eigenvalue weighted by molar-refractivity contribution is -0.153. The number of aliphatic imine (C=N–C) groups is 1. The van der Waals surface area contributed by atoms with Crippen molar-refractivity contribution in [3.8, 4) is 11.5 Å². The second-order valence-corrected chi connectivity index (χ2v) is 5.86. The van der Waals surface area contributed by atoms with E-state index in [1.54, 1.807) is 12.1 Å². The fourth-order valence-electron chi connectivity index (χ4n) is 1.90. The number of nitrogens with zero attached hydrogens (tertiary/aromatic N) is 1. The Hall–Kier alpha value is -1.39. The number of hydrogen-bond acceptors (Lipinski definition) is 3. The van der Waals surface area contributed by atoms with Gasteiger partial charge in [-0.3, -0.25) is 0 Å². The van der Waals surface area contributed by atoms with Crippen LogP contribution in [0.1, 0.15) is 26.3 Å². The summed E-state index contributed by atoms with van der Waals surface area (Å²) in [7, 11) is 1.39. The molecule has 9 heteroatoms. The van der Waals surface area contributed by atoms with Gasteiger partial charge in [0.25, 0.3) is 0 Å². The predicted octanol–water partition coefficient (Wildman–Crippen LogP) is 3.97. The molecule has 150 valence electrons. The van der Waals surface area contributed by atoms with Gasteiger partial charge in [0.1, 0.15) is 0 Å². The minimum Gasteiger partial charge on any atom is -0.493 e. The highest BCUT2D eigenvalue weighted by atomic mass is 127. The van der Waals surface area contributed by atoms with E-state index in [4.69, 9.17) is 9.47 Å². The van der Waals surface area contributed by atoms with Crippen molar-refractivity contribution in [1.82, 2.24) is 10.6 Å². The van der Waals surface area contributed by atoms with Crippen LogP contribution in [0.15, 0.2) is 23.2 Å². The lowest BCUT2D eigenvalue weighted by Crippen LogP contribution is -2.39. The van der Waals surface area contributed by atoms with E-state index >= 15 is 0 Å². The Balaban J connectivity index is 0.00000625. The summed E-state index contributed by atoms with van der Waals surface area (Å²) >= 11 is 0. The molecule has 0 aliphatic carbocycles. The van der Waals surface area contributed by atoms with Crippen LogP contribution in [0.2, 0.25) is 0 Å². The molecule has 0 unspecified atom stereocenters. The van der Waals surface area contributed by atoms with Crippen molar-refractivity contribution in [1.29, 1.82) is 0 Å². The summed E-state index contributed by atoms with van der Waals surface area (Å²) in [6.07, 6.45) is -4.39. The summed E-state index contributed by atoms with van der Waals surface area (Å²) < 4.78 is 46.7. The minimum atomic E-state index is -4.39. The number of ether oxygens (including phenoxy) is 2. The fraction of sp³-hybridized carbons (Fsp3) is 0.588. The van der Waals surface area contributed by atoms with Gasteiger partial charge in [0.05, 0.1) is 13.7 Å². The normalized spacial score (nSPS) is 11.8. The molecule has 0 radical (unpaired) electrons. The maximum absolute atomic E-state index is 12.3. The van der Waals surface area contributed by atoms with Gasteiger partial charge in [0, 0.05) is 13.1 Å². The van der Waals surface area contributed by atoms with Crippen LogP contribution in [-0.2, 0) is 6.54 Å². The van der Waals surface area contributed by atoms with Crippen molar-refractivity contribution in [3.05, 3.63) is 23.8 Å². The number of rotatable bonds is 8. The van der Waals surface area contributed by atoms with Crippen LogP contribution in [0.3, 0.4) is 0 Å². The van der Waals surface area contributed by atoms with Crippen LogP contribution in [-0.4, -0.2) is 38.9 Å². The average Bonchev–Trinajstić information content (AvgIpc) is 2.54. The zero-order valence-corrected chi connectivity index (χ0v) is 17.8. The minimum absolute atomic E-state index is 0. The van der Waals surface area contributed by atoms with Gasteiger partial charge in [0.15, 0.2) is 24.1 Å². The standard InChI is InChI=1S/C17H26F3N3O2.HI/c1-5-21-16(22-9-12(2)3)23-10-13-6-7-14(15(8-13)24-4)25-11-17(18,19)20;/h6-8,12H,5,9-11H2,1-4H3,(H2,21,22,23);1H. The fourth-order valence-corrected chi connectivity index (χ4v) is 1.90. The first kappa shape index (κ1) is 24.6. The molecule has 26 heavy (non-hydrogen) atoms. The second-order valence-electron chi connectivity index (χ2n) is 5.86. The van der Waals surface area contributed by atoms with Gasteiger partial charge in [-0.05, 0) is 30.5 Å². The van der Waals surface area contributed by atoms with Crippen LogP contribution in [0, 0.1) is 5.92 Å². The van der Waals surface area contributed by atoms with E-state index < -0.39 is 12.8 Å². The van der Waals surface area contributed by atoms with E-state index in [2.05, 4.69) is 29.5 Å². The quantitative estimate of drug-likeness (QED) is 0.330. The highest BCUT2D eigenvalue weighted by Crippen LogP contribution is 2.30. The van der Waals surface area contributed by atoms with E-state index in [1.807, 2.05) is 6.92 Å². The molecule has 0 aliphatic heterocycles. The molecule has 0 fully saturated rings. The highest BCUT2D eigenvalue weighted by molar-refractivity contribution is 14.0. The molecule has 0 bridgehead atoms. The number of guanidine groups is 1. The van der Waals surface area contributed by atoms with Gasteiger partial charge >= 0.3 is 6.18 Å². The van der Waals surface area contributed by atoms with Gasteiger partial charge in [-0.15, -0.1) is 24.0 Å². The highest BCUT2D eigenvalue weighted by Gasteiger charge is 2.29. The molecule has 0 atom stereocenters. The van der Waals surface area contributed by atoms with Crippen molar-refractivity contribution in [3.63, 3.8) is 0 Å². The Morgan fingerprint density at radius 2 is 1.88 bits per heavy atom. The van der Waals surface area contributed by atoms with Crippen LogP contribution >= 0.6 is 24.0 Å². The molecule has 1 aromatic carbocycles. The van der Waals surface area contributed by atoms with Crippen molar-refractivity contribution in [2.24, 2.45) is 10.9 Å². The summed E-state index contributed by atoms with van der Waals surface area (Å²) in [4.78, 5) is 4.46. The SMILES string of the molecule is CCNC(=NCc1ccc(OCC(F)(F)F)c(OC)c1)NCC(C)C.I. The van der Waals surface area contributed by atoms with E-state index in [0.29, 0.717) is 18.4 Å². The Bertz CT molecular complexity index is 567. The number of methoxy groups -OCH3 is 1. The topological polar surface area (TPSA) is 54.9 Å². The molecule has 2 N–H and O–H groups in total. The Morgan fingerprint density at radius 1 is 1.19 bits per heavy atom. The zero-order chi connectivity index (χ0) is 18.9. The second kappa shape index (κ2) is 12.1. The van der Waals surface area contributed by atoms with Crippen molar-refractivity contribution < 1.29 is 22.6 Å². The third kappa shape index (κ3) is 9.93. The first-order chi connectivity index (χ1) is 11.7. The van der Waals surface area contributed by atoms with Crippen LogP contribution in [0.25, 0.3) is 0 Å². The van der Waals surface area contributed by atoms with Crippen molar-refractivity contribution >= 4 is 29.9 Å². The summed E-state index contributed by atoms with van der Waals surface area (Å²) in [5, 5.41) is 6.37. The van der Waals surface area contributed by atoms with Crippen molar-refractivity contribution in [2.45, 2.75) is 33.5 Å². The average molecular weight is 489 g/mol. The molecule has 0 saturated heterocycles. The third-order valence-electron chi connectivity index (χ3n) is 3.06. The molecular formula is C17H27F3IN3O2. The van der Waals surface area contributed by atoms with Gasteiger partial charge in [0.2, 0.25) is 0 Å². The Kier molecular flexibility index (Phi) is 11.4. The molecule has 0 saturated carbocycles. The molecule has 5 nitrogen and oxygen atoms in total. The monoisotopic (exact) mass is 489 g/mol. The smallest absolute Gasteiger partial charge is 0.422 e. The van der Waals surface area contributed by atoms with Crippen LogP contribution in [0.5, 0.6) is 11.5 Å². The molecule has 0 aromatic heterocycles. The third-order valence-corrected chi connectivity index (χ3v) is 3.06. The van der Waals surface area contributed by atoms with E-state index in [-0.39, 0.29) is 35.5 Å². The largest absolute Gasteiger partial charge is 0.493 e. The number of hydrogen-bond donors (Lipinski definition) is 2. The van der Waals surface area contributed by atoms with Crippen LogP contribution < -0.4 is 20.1 Å². The number of nitrogens with one attached hydrogen (secondary N) is 2. The number of halogens is 4.